The average molecular weight is 465 g/mol. The predicted octanol–water partition coefficient (Wildman–Crippen LogP) is 3.36. The van der Waals surface area contributed by atoms with Gasteiger partial charge in [0.25, 0.3) is 0 Å². The highest BCUT2D eigenvalue weighted by molar-refractivity contribution is 6.62. The van der Waals surface area contributed by atoms with Crippen LogP contribution >= 0.6 is 0 Å². The van der Waals surface area contributed by atoms with Gasteiger partial charge < -0.3 is 29.0 Å². The third kappa shape index (κ3) is 4.90. The summed E-state index contributed by atoms with van der Waals surface area (Å²) in [5.74, 6) is 0.532. The van der Waals surface area contributed by atoms with Crippen LogP contribution in [0.2, 0.25) is 0 Å². The second-order valence-electron chi connectivity index (χ2n) is 9.64. The van der Waals surface area contributed by atoms with Crippen LogP contribution in [0.15, 0.2) is 36.5 Å². The second kappa shape index (κ2) is 9.31. The number of amides is 1. The highest BCUT2D eigenvalue weighted by Crippen LogP contribution is 2.36. The van der Waals surface area contributed by atoms with E-state index in [4.69, 9.17) is 19.2 Å². The topological polar surface area (TPSA) is 84.4 Å². The van der Waals surface area contributed by atoms with Gasteiger partial charge >= 0.3 is 13.2 Å². The maximum Gasteiger partial charge on any atom is 0.496 e. The Morgan fingerprint density at radius 2 is 1.68 bits per heavy atom. The van der Waals surface area contributed by atoms with E-state index in [0.717, 1.165) is 22.3 Å². The summed E-state index contributed by atoms with van der Waals surface area (Å²) in [4.78, 5) is 19.2. The van der Waals surface area contributed by atoms with Gasteiger partial charge in [-0.2, -0.15) is 0 Å². The Labute approximate surface area is 201 Å². The van der Waals surface area contributed by atoms with E-state index in [0.29, 0.717) is 32.1 Å². The first-order valence-corrected chi connectivity index (χ1v) is 11.5. The number of hydrogen-bond donors (Lipinski definition) is 1. The number of pyridine rings is 1. The van der Waals surface area contributed by atoms with E-state index >= 15 is 0 Å². The number of piperazine rings is 1. The fraction of sp³-hybridized carbons (Fsp3) is 0.440. The van der Waals surface area contributed by atoms with Crippen molar-refractivity contribution < 1.29 is 23.9 Å². The van der Waals surface area contributed by atoms with Gasteiger partial charge in [-0.05, 0) is 57.5 Å². The number of nitrogens with zero attached hydrogens (tertiary/aromatic N) is 3. The summed E-state index contributed by atoms with van der Waals surface area (Å²) in [5.41, 5.74) is 2.96. The van der Waals surface area contributed by atoms with E-state index in [9.17, 15) is 4.79 Å². The summed E-state index contributed by atoms with van der Waals surface area (Å²) >= 11 is 0. The molecule has 0 bridgehead atoms. The lowest BCUT2D eigenvalue weighted by atomic mass is 9.79. The van der Waals surface area contributed by atoms with Crippen LogP contribution in [0.5, 0.6) is 5.88 Å². The van der Waals surface area contributed by atoms with Gasteiger partial charge in [0.15, 0.2) is 0 Å². The van der Waals surface area contributed by atoms with Crippen LogP contribution in [0, 0.1) is 0 Å². The number of carboxylic acid groups (broad SMARTS) is 1. The van der Waals surface area contributed by atoms with Crippen LogP contribution in [0.25, 0.3) is 12.2 Å². The van der Waals surface area contributed by atoms with E-state index in [2.05, 4.69) is 22.0 Å². The third-order valence-electron chi connectivity index (χ3n) is 6.88. The molecule has 2 fully saturated rings. The van der Waals surface area contributed by atoms with E-state index in [1.165, 1.54) is 4.90 Å². The van der Waals surface area contributed by atoms with Crippen LogP contribution in [-0.4, -0.2) is 72.7 Å². The Kier molecular flexibility index (Phi) is 6.60. The van der Waals surface area contributed by atoms with E-state index in [1.54, 1.807) is 13.3 Å². The molecule has 2 aliphatic rings. The molecule has 0 radical (unpaired) electrons. The molecule has 8 nitrogen and oxygen atoms in total. The Morgan fingerprint density at radius 1 is 1.06 bits per heavy atom. The van der Waals surface area contributed by atoms with Gasteiger partial charge in [-0.1, -0.05) is 18.2 Å². The van der Waals surface area contributed by atoms with Crippen molar-refractivity contribution in [3.05, 3.63) is 47.7 Å². The molecule has 0 aliphatic carbocycles. The number of benzene rings is 1. The number of hydrogen-bond acceptors (Lipinski definition) is 6. The largest absolute Gasteiger partial charge is 0.496 e. The van der Waals surface area contributed by atoms with Crippen LogP contribution in [0.3, 0.4) is 0 Å². The lowest BCUT2D eigenvalue weighted by Crippen LogP contribution is -2.48. The zero-order valence-electron chi connectivity index (χ0n) is 20.4. The van der Waals surface area contributed by atoms with Crippen LogP contribution < -0.4 is 15.1 Å². The molecule has 1 aromatic carbocycles. The molecule has 0 saturated carbocycles. The van der Waals surface area contributed by atoms with Gasteiger partial charge in [-0.15, -0.1) is 0 Å². The summed E-state index contributed by atoms with van der Waals surface area (Å²) in [5, 5.41) is 9.12. The normalized spacial score (nSPS) is 19.6. The number of methoxy groups -OCH3 is 1. The minimum absolute atomic E-state index is 0.421. The summed E-state index contributed by atoms with van der Waals surface area (Å²) in [7, 11) is 1.11. The number of carbonyl (C=O) groups is 1. The number of rotatable bonds is 5. The van der Waals surface area contributed by atoms with Crippen molar-refractivity contribution in [2.24, 2.45) is 0 Å². The fourth-order valence-corrected chi connectivity index (χ4v) is 4.02. The van der Waals surface area contributed by atoms with Gasteiger partial charge in [-0.25, -0.2) is 9.78 Å². The van der Waals surface area contributed by atoms with E-state index in [1.807, 2.05) is 58.0 Å². The molecule has 34 heavy (non-hydrogen) atoms. The quantitative estimate of drug-likeness (QED) is 0.678. The highest BCUT2D eigenvalue weighted by Gasteiger charge is 2.51. The molecule has 2 aliphatic heterocycles. The molecule has 4 rings (SSSR count). The third-order valence-corrected chi connectivity index (χ3v) is 6.88. The molecule has 9 heteroatoms. The maximum absolute atomic E-state index is 11.1. The minimum atomic E-state index is -0.854. The van der Waals surface area contributed by atoms with Crippen molar-refractivity contribution in [1.29, 1.82) is 0 Å². The van der Waals surface area contributed by atoms with Crippen molar-refractivity contribution in [3.8, 4) is 5.88 Å². The van der Waals surface area contributed by atoms with Crippen LogP contribution in [-0.2, 0) is 9.31 Å². The molecule has 1 aromatic heterocycles. The Morgan fingerprint density at radius 3 is 2.24 bits per heavy atom. The zero-order valence-corrected chi connectivity index (χ0v) is 20.4. The monoisotopic (exact) mass is 465 g/mol. The summed E-state index contributed by atoms with van der Waals surface area (Å²) < 4.78 is 17.8. The molecule has 0 atom stereocenters. The van der Waals surface area contributed by atoms with Crippen molar-refractivity contribution in [1.82, 2.24) is 9.88 Å². The summed E-state index contributed by atoms with van der Waals surface area (Å²) in [6.07, 6.45) is 4.87. The van der Waals surface area contributed by atoms with Crippen LogP contribution in [0.1, 0.15) is 38.8 Å². The summed E-state index contributed by atoms with van der Waals surface area (Å²) in [6, 6.07) is 10.2. The van der Waals surface area contributed by atoms with Crippen LogP contribution in [0.4, 0.5) is 10.5 Å². The van der Waals surface area contributed by atoms with Crippen molar-refractivity contribution >= 4 is 36.5 Å². The molecule has 0 spiro atoms. The Hall–Kier alpha value is -3.04. The smallest absolute Gasteiger partial charge is 0.481 e. The number of anilines is 1. The van der Waals surface area contributed by atoms with Gasteiger partial charge in [0.2, 0.25) is 5.88 Å². The first-order chi connectivity index (χ1) is 16.1. The first-order valence-electron chi connectivity index (χ1n) is 11.5. The van der Waals surface area contributed by atoms with Crippen molar-refractivity contribution in [2.75, 3.05) is 38.2 Å². The van der Waals surface area contributed by atoms with Crippen molar-refractivity contribution in [2.45, 2.75) is 38.9 Å². The second-order valence-corrected chi connectivity index (χ2v) is 9.64. The van der Waals surface area contributed by atoms with Gasteiger partial charge in [0, 0.05) is 49.1 Å². The van der Waals surface area contributed by atoms with Gasteiger partial charge in [0.05, 0.1) is 18.3 Å². The van der Waals surface area contributed by atoms with E-state index in [-0.39, 0.29) is 0 Å². The molecule has 3 heterocycles. The highest BCUT2D eigenvalue weighted by atomic mass is 16.7. The molecule has 0 unspecified atom stereocenters. The molecular formula is C25H32BN3O5. The molecule has 1 amide bonds. The maximum atomic E-state index is 11.1. The van der Waals surface area contributed by atoms with Crippen molar-refractivity contribution in [3.63, 3.8) is 0 Å². The van der Waals surface area contributed by atoms with E-state index < -0.39 is 24.4 Å². The zero-order chi connectivity index (χ0) is 24.5. The number of aromatic nitrogens is 1. The first kappa shape index (κ1) is 24.1. The predicted molar refractivity (Wildman–Crippen MR) is 134 cm³/mol. The summed E-state index contributed by atoms with van der Waals surface area (Å²) in [6.45, 7) is 10.5. The minimum Gasteiger partial charge on any atom is -0.481 e. The molecule has 180 valence electrons. The lowest BCUT2D eigenvalue weighted by Gasteiger charge is -2.34. The Balaban J connectivity index is 1.47. The molecule has 1 N–H and O–H groups in total. The Bertz CT molecular complexity index is 1050. The fourth-order valence-electron chi connectivity index (χ4n) is 4.02. The lowest BCUT2D eigenvalue weighted by molar-refractivity contribution is 0.00578. The average Bonchev–Trinajstić information content (AvgIpc) is 3.04. The standard InChI is InChI=1S/C25H32BN3O5/c1-24(2)25(3,4)34-26(33-24)20-16-19(22(32-5)27-17-20)9-6-18-7-10-21(11-8-18)28-12-14-29(15-13-28)23(30)31/h6-11,16-17H,12-15H2,1-5H3,(H,30,31). The number of ether oxygens (including phenoxy) is 1. The molecule has 2 aromatic rings. The SMILES string of the molecule is COc1ncc(B2OC(C)(C)C(C)(C)O2)cc1C=Cc1ccc(N2CCN(C(=O)O)CC2)cc1. The molecular weight excluding hydrogens is 433 g/mol. The van der Waals surface area contributed by atoms with Gasteiger partial charge in [0.1, 0.15) is 0 Å². The van der Waals surface area contributed by atoms with Gasteiger partial charge in [-0.3, -0.25) is 0 Å². The molecule has 2 saturated heterocycles.